The second-order valence-electron chi connectivity index (χ2n) is 6.55. The molecule has 1 N–H and O–H groups in total. The number of benzene rings is 3. The van der Waals surface area contributed by atoms with Crippen LogP contribution >= 0.6 is 0 Å². The van der Waals surface area contributed by atoms with Gasteiger partial charge in [-0.1, -0.05) is 12.1 Å². The zero-order valence-corrected chi connectivity index (χ0v) is 17.1. The lowest BCUT2D eigenvalue weighted by Gasteiger charge is -2.12. The van der Waals surface area contributed by atoms with Crippen LogP contribution in [0.2, 0.25) is 0 Å². The van der Waals surface area contributed by atoms with Crippen molar-refractivity contribution in [3.8, 4) is 17.2 Å². The molecule has 0 bridgehead atoms. The highest BCUT2D eigenvalue weighted by molar-refractivity contribution is 6.06. The summed E-state index contributed by atoms with van der Waals surface area (Å²) >= 11 is 0. The summed E-state index contributed by atoms with van der Waals surface area (Å²) in [5.41, 5.74) is 2.47. The summed E-state index contributed by atoms with van der Waals surface area (Å²) in [7, 11) is 3.10. The molecular weight excluding hydrogens is 382 g/mol. The Morgan fingerprint density at radius 3 is 2.23 bits per heavy atom. The molecule has 0 fully saturated rings. The topological polar surface area (TPSA) is 73.9 Å². The Labute approximate surface area is 175 Å². The van der Waals surface area contributed by atoms with Crippen LogP contribution in [0.1, 0.15) is 33.2 Å². The third-order valence-corrected chi connectivity index (χ3v) is 4.55. The molecule has 0 aliphatic rings. The first-order chi connectivity index (χ1) is 14.5. The molecule has 0 aromatic heterocycles. The molecule has 0 saturated carbocycles. The molecular formula is C24H23NO5. The largest absolute Gasteiger partial charge is 0.496 e. The quantitative estimate of drug-likeness (QED) is 0.548. The number of carbonyl (C=O) groups is 2. The Morgan fingerprint density at radius 2 is 1.57 bits per heavy atom. The number of rotatable bonds is 8. The van der Waals surface area contributed by atoms with Gasteiger partial charge < -0.3 is 19.5 Å². The lowest BCUT2D eigenvalue weighted by atomic mass is 10.1. The van der Waals surface area contributed by atoms with E-state index in [2.05, 4.69) is 5.32 Å². The number of amides is 1. The number of carbonyl (C=O) groups excluding carboxylic acids is 2. The van der Waals surface area contributed by atoms with Gasteiger partial charge in [0.25, 0.3) is 5.91 Å². The Hall–Kier alpha value is -3.80. The van der Waals surface area contributed by atoms with E-state index in [0.717, 1.165) is 5.56 Å². The average molecular weight is 405 g/mol. The van der Waals surface area contributed by atoms with Gasteiger partial charge in [-0.3, -0.25) is 9.59 Å². The molecule has 0 saturated heterocycles. The zero-order chi connectivity index (χ0) is 21.5. The molecule has 154 valence electrons. The van der Waals surface area contributed by atoms with Crippen LogP contribution in [0.4, 0.5) is 5.69 Å². The molecule has 1 amide bonds. The predicted octanol–water partition coefficient (Wildman–Crippen LogP) is 4.74. The lowest BCUT2D eigenvalue weighted by molar-refractivity contribution is 0.101. The minimum absolute atomic E-state index is 0.0194. The Balaban J connectivity index is 1.66. The number of methoxy groups -OCH3 is 2. The van der Waals surface area contributed by atoms with Gasteiger partial charge >= 0.3 is 0 Å². The van der Waals surface area contributed by atoms with Crippen molar-refractivity contribution >= 4 is 17.4 Å². The van der Waals surface area contributed by atoms with E-state index in [-0.39, 0.29) is 18.3 Å². The minimum atomic E-state index is -0.257. The molecule has 3 aromatic rings. The molecule has 6 heteroatoms. The molecule has 0 heterocycles. The SMILES string of the molecule is COc1ccc(C(C)=O)cc1COc1ccc(NC(=O)c2ccccc2OC)cc1. The van der Waals surface area contributed by atoms with Gasteiger partial charge in [-0.05, 0) is 61.5 Å². The summed E-state index contributed by atoms with van der Waals surface area (Å²) < 4.78 is 16.4. The second kappa shape index (κ2) is 9.60. The van der Waals surface area contributed by atoms with Crippen molar-refractivity contribution in [3.63, 3.8) is 0 Å². The van der Waals surface area contributed by atoms with Gasteiger partial charge in [0, 0.05) is 16.8 Å². The van der Waals surface area contributed by atoms with Gasteiger partial charge in [-0.25, -0.2) is 0 Å². The van der Waals surface area contributed by atoms with Crippen molar-refractivity contribution in [1.29, 1.82) is 0 Å². The van der Waals surface area contributed by atoms with Gasteiger partial charge in [0.2, 0.25) is 0 Å². The number of anilines is 1. The average Bonchev–Trinajstić information content (AvgIpc) is 2.78. The van der Waals surface area contributed by atoms with E-state index >= 15 is 0 Å². The number of hydrogen-bond acceptors (Lipinski definition) is 5. The summed E-state index contributed by atoms with van der Waals surface area (Å²) in [4.78, 5) is 24.1. The Kier molecular flexibility index (Phi) is 6.70. The van der Waals surface area contributed by atoms with Crippen molar-refractivity contribution in [2.45, 2.75) is 13.5 Å². The number of para-hydroxylation sites is 1. The molecule has 30 heavy (non-hydrogen) atoms. The third-order valence-electron chi connectivity index (χ3n) is 4.55. The van der Waals surface area contributed by atoms with Gasteiger partial charge in [0.1, 0.15) is 23.9 Å². The van der Waals surface area contributed by atoms with Crippen LogP contribution in [0.5, 0.6) is 17.2 Å². The first-order valence-corrected chi connectivity index (χ1v) is 9.37. The number of Topliss-reactive ketones (excluding diaryl/α,β-unsaturated/α-hetero) is 1. The monoisotopic (exact) mass is 405 g/mol. The summed E-state index contributed by atoms with van der Waals surface area (Å²) in [5, 5.41) is 2.84. The summed E-state index contributed by atoms with van der Waals surface area (Å²) in [6.07, 6.45) is 0. The van der Waals surface area contributed by atoms with Crippen LogP contribution in [0.3, 0.4) is 0 Å². The number of hydrogen-bond donors (Lipinski definition) is 1. The lowest BCUT2D eigenvalue weighted by Crippen LogP contribution is -2.13. The van der Waals surface area contributed by atoms with Gasteiger partial charge in [0.05, 0.1) is 19.8 Å². The smallest absolute Gasteiger partial charge is 0.259 e. The fraction of sp³-hybridized carbons (Fsp3) is 0.167. The van der Waals surface area contributed by atoms with E-state index in [1.54, 1.807) is 67.8 Å². The van der Waals surface area contributed by atoms with Crippen molar-refractivity contribution in [3.05, 3.63) is 83.4 Å². The minimum Gasteiger partial charge on any atom is -0.496 e. The number of ether oxygens (including phenoxy) is 3. The molecule has 3 rings (SSSR count). The fourth-order valence-corrected chi connectivity index (χ4v) is 2.94. The van der Waals surface area contributed by atoms with Crippen LogP contribution in [0, 0.1) is 0 Å². The third kappa shape index (κ3) is 4.97. The zero-order valence-electron chi connectivity index (χ0n) is 17.1. The van der Waals surface area contributed by atoms with E-state index < -0.39 is 0 Å². The highest BCUT2D eigenvalue weighted by atomic mass is 16.5. The van der Waals surface area contributed by atoms with Gasteiger partial charge in [-0.2, -0.15) is 0 Å². The summed E-state index contributed by atoms with van der Waals surface area (Å²) in [5.74, 6) is 1.51. The maximum absolute atomic E-state index is 12.5. The molecule has 0 unspecified atom stereocenters. The van der Waals surface area contributed by atoms with Crippen molar-refractivity contribution in [1.82, 2.24) is 0 Å². The van der Waals surface area contributed by atoms with Crippen LogP contribution in [-0.2, 0) is 6.61 Å². The predicted molar refractivity (Wildman–Crippen MR) is 115 cm³/mol. The molecule has 0 aliphatic heterocycles. The fourth-order valence-electron chi connectivity index (χ4n) is 2.94. The number of nitrogens with one attached hydrogen (secondary N) is 1. The first kappa shape index (κ1) is 20.9. The van der Waals surface area contributed by atoms with Crippen molar-refractivity contribution < 1.29 is 23.8 Å². The Morgan fingerprint density at radius 1 is 0.867 bits per heavy atom. The Bertz CT molecular complexity index is 1040. The van der Waals surface area contributed by atoms with E-state index in [4.69, 9.17) is 14.2 Å². The maximum atomic E-state index is 12.5. The molecule has 0 spiro atoms. The van der Waals surface area contributed by atoms with Crippen molar-refractivity contribution in [2.24, 2.45) is 0 Å². The van der Waals surface area contributed by atoms with E-state index in [1.807, 2.05) is 6.07 Å². The summed E-state index contributed by atoms with van der Waals surface area (Å²) in [6, 6.07) is 19.3. The first-order valence-electron chi connectivity index (χ1n) is 9.37. The highest BCUT2D eigenvalue weighted by Gasteiger charge is 2.12. The van der Waals surface area contributed by atoms with Crippen LogP contribution < -0.4 is 19.5 Å². The molecule has 6 nitrogen and oxygen atoms in total. The van der Waals surface area contributed by atoms with Crippen molar-refractivity contribution in [2.75, 3.05) is 19.5 Å². The molecule has 0 atom stereocenters. The maximum Gasteiger partial charge on any atom is 0.259 e. The van der Waals surface area contributed by atoms with E-state index in [1.165, 1.54) is 14.0 Å². The van der Waals surface area contributed by atoms with Crippen LogP contribution in [0.25, 0.3) is 0 Å². The van der Waals surface area contributed by atoms with Crippen LogP contribution in [-0.4, -0.2) is 25.9 Å². The molecule has 0 aliphatic carbocycles. The van der Waals surface area contributed by atoms with E-state index in [0.29, 0.717) is 34.1 Å². The summed E-state index contributed by atoms with van der Waals surface area (Å²) in [6.45, 7) is 1.77. The standard InChI is InChI=1S/C24H23NO5/c1-16(26)17-8-13-22(28-2)18(14-17)15-30-20-11-9-19(10-12-20)25-24(27)21-6-4-5-7-23(21)29-3/h4-14H,15H2,1-3H3,(H,25,27). The molecule has 0 radical (unpaired) electrons. The van der Waals surface area contributed by atoms with Gasteiger partial charge in [0.15, 0.2) is 5.78 Å². The van der Waals surface area contributed by atoms with E-state index in [9.17, 15) is 9.59 Å². The second-order valence-corrected chi connectivity index (χ2v) is 6.55. The highest BCUT2D eigenvalue weighted by Crippen LogP contribution is 2.24. The van der Waals surface area contributed by atoms with Crippen LogP contribution in [0.15, 0.2) is 66.7 Å². The molecule has 3 aromatic carbocycles. The normalized spacial score (nSPS) is 10.2. The van der Waals surface area contributed by atoms with Gasteiger partial charge in [-0.15, -0.1) is 0 Å². The number of ketones is 1.